The molecule has 0 radical (unpaired) electrons. The van der Waals surface area contributed by atoms with Gasteiger partial charge in [-0.05, 0) is 47.5 Å². The lowest BCUT2D eigenvalue weighted by atomic mass is 10.1. The summed E-state index contributed by atoms with van der Waals surface area (Å²) in [6.45, 7) is 1.18. The number of carbonyl (C=O) groups is 1. The molecule has 0 aliphatic carbocycles. The lowest BCUT2D eigenvalue weighted by molar-refractivity contribution is 0.0836. The van der Waals surface area contributed by atoms with Gasteiger partial charge in [-0.3, -0.25) is 9.88 Å². The third kappa shape index (κ3) is 6.92. The van der Waals surface area contributed by atoms with Crippen LogP contribution in [-0.2, 0) is 17.8 Å². The summed E-state index contributed by atoms with van der Waals surface area (Å²) < 4.78 is 21.4. The first-order valence-electron chi connectivity index (χ1n) is 9.88. The second-order valence-electron chi connectivity index (χ2n) is 6.70. The van der Waals surface area contributed by atoms with Crippen LogP contribution < -0.4 is 14.2 Å². The number of methoxy groups -OCH3 is 2. The molecule has 0 aliphatic heterocycles. The summed E-state index contributed by atoms with van der Waals surface area (Å²) in [4.78, 5) is 18.4. The topological polar surface area (TPSA) is 70.1 Å². The third-order valence-corrected chi connectivity index (χ3v) is 4.54. The molecule has 0 bridgehead atoms. The van der Waals surface area contributed by atoms with E-state index in [2.05, 4.69) is 4.98 Å². The van der Waals surface area contributed by atoms with Crippen LogP contribution in [0.15, 0.2) is 73.1 Å². The molecule has 31 heavy (non-hydrogen) atoms. The van der Waals surface area contributed by atoms with Crippen LogP contribution in [0, 0.1) is 0 Å². The monoisotopic (exact) mass is 422 g/mol. The molecule has 7 nitrogen and oxygen atoms in total. The Morgan fingerprint density at radius 1 is 0.806 bits per heavy atom. The Kier molecular flexibility index (Phi) is 8.11. The molecule has 3 rings (SSSR count). The average molecular weight is 422 g/mol. The quantitative estimate of drug-likeness (QED) is 0.453. The highest BCUT2D eigenvalue weighted by Crippen LogP contribution is 2.17. The standard InChI is InChI=1S/C24H26N2O5/c1-28-21-9-5-19(6-10-21)17-26(18-20-7-11-22(29-2)12-8-20)24(27)31-15-14-30-23-4-3-13-25-16-23/h3-13,16H,14-15,17-18H2,1-2H3. The lowest BCUT2D eigenvalue weighted by Crippen LogP contribution is -2.31. The molecule has 0 aliphatic rings. The maximum atomic E-state index is 12.8. The number of amides is 1. The minimum absolute atomic E-state index is 0.134. The van der Waals surface area contributed by atoms with Gasteiger partial charge in [0.1, 0.15) is 30.5 Å². The fourth-order valence-corrected chi connectivity index (χ4v) is 2.90. The van der Waals surface area contributed by atoms with Crippen molar-refractivity contribution in [3.05, 3.63) is 84.2 Å². The van der Waals surface area contributed by atoms with Crippen LogP contribution in [0.25, 0.3) is 0 Å². The number of hydrogen-bond acceptors (Lipinski definition) is 6. The van der Waals surface area contributed by atoms with Gasteiger partial charge >= 0.3 is 6.09 Å². The van der Waals surface area contributed by atoms with E-state index in [1.54, 1.807) is 43.6 Å². The molecule has 0 saturated heterocycles. The molecule has 7 heteroatoms. The molecular formula is C24H26N2O5. The SMILES string of the molecule is COc1ccc(CN(Cc2ccc(OC)cc2)C(=O)OCCOc2cccnc2)cc1. The Hall–Kier alpha value is -3.74. The highest BCUT2D eigenvalue weighted by molar-refractivity contribution is 5.67. The second kappa shape index (κ2) is 11.4. The minimum atomic E-state index is -0.415. The van der Waals surface area contributed by atoms with Crippen LogP contribution in [0.3, 0.4) is 0 Å². The zero-order valence-corrected chi connectivity index (χ0v) is 17.7. The number of pyridine rings is 1. The van der Waals surface area contributed by atoms with Crippen LogP contribution >= 0.6 is 0 Å². The van der Waals surface area contributed by atoms with E-state index in [4.69, 9.17) is 18.9 Å². The van der Waals surface area contributed by atoms with Crippen molar-refractivity contribution in [3.8, 4) is 17.2 Å². The second-order valence-corrected chi connectivity index (χ2v) is 6.70. The molecular weight excluding hydrogens is 396 g/mol. The number of benzene rings is 2. The van der Waals surface area contributed by atoms with Gasteiger partial charge in [0.15, 0.2) is 0 Å². The number of carbonyl (C=O) groups excluding carboxylic acids is 1. The van der Waals surface area contributed by atoms with Gasteiger partial charge < -0.3 is 18.9 Å². The molecule has 0 spiro atoms. The Bertz CT molecular complexity index is 881. The van der Waals surface area contributed by atoms with E-state index in [9.17, 15) is 4.79 Å². The summed E-state index contributed by atoms with van der Waals surface area (Å²) in [6, 6.07) is 18.8. The van der Waals surface area contributed by atoms with Gasteiger partial charge in [-0.1, -0.05) is 24.3 Å². The summed E-state index contributed by atoms with van der Waals surface area (Å²) in [7, 11) is 3.24. The molecule has 1 amide bonds. The summed E-state index contributed by atoms with van der Waals surface area (Å²) in [5.74, 6) is 2.16. The zero-order chi connectivity index (χ0) is 21.9. The van der Waals surface area contributed by atoms with E-state index >= 15 is 0 Å². The maximum Gasteiger partial charge on any atom is 0.410 e. The fraction of sp³-hybridized carbons (Fsp3) is 0.250. The fourth-order valence-electron chi connectivity index (χ4n) is 2.90. The van der Waals surface area contributed by atoms with E-state index < -0.39 is 6.09 Å². The predicted octanol–water partition coefficient (Wildman–Crippen LogP) is 4.32. The first-order chi connectivity index (χ1) is 15.2. The molecule has 0 N–H and O–H groups in total. The summed E-state index contributed by atoms with van der Waals surface area (Å²) in [6.07, 6.45) is 2.87. The smallest absolute Gasteiger partial charge is 0.410 e. The van der Waals surface area contributed by atoms with Crippen LogP contribution in [0.5, 0.6) is 17.2 Å². The highest BCUT2D eigenvalue weighted by atomic mass is 16.6. The van der Waals surface area contributed by atoms with E-state index in [0.717, 1.165) is 22.6 Å². The number of aromatic nitrogens is 1. The summed E-state index contributed by atoms with van der Waals surface area (Å²) >= 11 is 0. The molecule has 1 heterocycles. The molecule has 0 atom stereocenters. The Morgan fingerprint density at radius 3 is 1.87 bits per heavy atom. The van der Waals surface area contributed by atoms with Gasteiger partial charge in [0, 0.05) is 19.3 Å². The van der Waals surface area contributed by atoms with E-state index in [1.165, 1.54) is 0 Å². The maximum absolute atomic E-state index is 12.8. The van der Waals surface area contributed by atoms with Crippen molar-refractivity contribution in [2.45, 2.75) is 13.1 Å². The van der Waals surface area contributed by atoms with Crippen LogP contribution in [0.4, 0.5) is 4.79 Å². The van der Waals surface area contributed by atoms with Crippen molar-refractivity contribution < 1.29 is 23.7 Å². The Balaban J connectivity index is 1.61. The van der Waals surface area contributed by atoms with Gasteiger partial charge in [-0.2, -0.15) is 0 Å². The van der Waals surface area contributed by atoms with Crippen molar-refractivity contribution in [1.82, 2.24) is 9.88 Å². The Morgan fingerprint density at radius 2 is 1.39 bits per heavy atom. The van der Waals surface area contributed by atoms with Gasteiger partial charge in [0.2, 0.25) is 0 Å². The highest BCUT2D eigenvalue weighted by Gasteiger charge is 2.16. The molecule has 0 saturated carbocycles. The molecule has 3 aromatic rings. The molecule has 0 unspecified atom stereocenters. The van der Waals surface area contributed by atoms with E-state index in [-0.39, 0.29) is 13.2 Å². The Labute approximate surface area is 182 Å². The van der Waals surface area contributed by atoms with Gasteiger partial charge in [0.05, 0.1) is 20.4 Å². The zero-order valence-electron chi connectivity index (χ0n) is 17.7. The van der Waals surface area contributed by atoms with Crippen LogP contribution in [0.1, 0.15) is 11.1 Å². The van der Waals surface area contributed by atoms with E-state index in [1.807, 2.05) is 48.5 Å². The number of rotatable bonds is 10. The van der Waals surface area contributed by atoms with Crippen LogP contribution in [-0.4, -0.2) is 43.4 Å². The minimum Gasteiger partial charge on any atom is -0.497 e. The van der Waals surface area contributed by atoms with Gasteiger partial charge in [0.25, 0.3) is 0 Å². The van der Waals surface area contributed by atoms with Crippen molar-refractivity contribution in [2.24, 2.45) is 0 Å². The third-order valence-electron chi connectivity index (χ3n) is 4.54. The summed E-state index contributed by atoms with van der Waals surface area (Å²) in [5.41, 5.74) is 1.94. The normalized spacial score (nSPS) is 10.3. The van der Waals surface area contributed by atoms with Crippen molar-refractivity contribution in [1.29, 1.82) is 0 Å². The van der Waals surface area contributed by atoms with Gasteiger partial charge in [-0.25, -0.2) is 4.79 Å². The predicted molar refractivity (Wildman–Crippen MR) is 116 cm³/mol. The molecule has 162 valence electrons. The van der Waals surface area contributed by atoms with Crippen molar-refractivity contribution in [3.63, 3.8) is 0 Å². The number of hydrogen-bond donors (Lipinski definition) is 0. The number of nitrogens with zero attached hydrogens (tertiary/aromatic N) is 2. The number of ether oxygens (including phenoxy) is 4. The average Bonchev–Trinajstić information content (AvgIpc) is 2.83. The molecule has 0 fully saturated rings. The molecule has 2 aromatic carbocycles. The first-order valence-corrected chi connectivity index (χ1v) is 9.88. The largest absolute Gasteiger partial charge is 0.497 e. The first kappa shape index (κ1) is 22.0. The lowest BCUT2D eigenvalue weighted by Gasteiger charge is -2.23. The van der Waals surface area contributed by atoms with Crippen molar-refractivity contribution >= 4 is 6.09 Å². The van der Waals surface area contributed by atoms with Crippen LogP contribution in [0.2, 0.25) is 0 Å². The van der Waals surface area contributed by atoms with E-state index in [0.29, 0.717) is 18.8 Å². The molecule has 1 aromatic heterocycles. The van der Waals surface area contributed by atoms with Crippen molar-refractivity contribution in [2.75, 3.05) is 27.4 Å². The summed E-state index contributed by atoms with van der Waals surface area (Å²) in [5, 5.41) is 0. The van der Waals surface area contributed by atoms with Gasteiger partial charge in [-0.15, -0.1) is 0 Å².